The predicted octanol–water partition coefficient (Wildman–Crippen LogP) is 2.56. The molecule has 1 heteroatoms. The van der Waals surface area contributed by atoms with Crippen molar-refractivity contribution in [2.24, 2.45) is 5.92 Å². The lowest BCUT2D eigenvalue weighted by molar-refractivity contribution is 0.382. The molecule has 1 fully saturated rings. The van der Waals surface area contributed by atoms with Crippen molar-refractivity contribution in [3.05, 3.63) is 0 Å². The standard InChI is InChI=1S/C10H21N/c1-3-6-9-7-5-8-10(9)11-4-2/h9-11H,3-8H2,1-2H3. The second kappa shape index (κ2) is 4.76. The molecule has 0 radical (unpaired) electrons. The SMILES string of the molecule is CCCC1CCCC1NCC. The summed E-state index contributed by atoms with van der Waals surface area (Å²) >= 11 is 0. The van der Waals surface area contributed by atoms with Gasteiger partial charge in [-0.15, -0.1) is 0 Å². The highest BCUT2D eigenvalue weighted by Gasteiger charge is 2.24. The second-order valence-electron chi connectivity index (χ2n) is 3.64. The summed E-state index contributed by atoms with van der Waals surface area (Å²) in [5.74, 6) is 0.986. The Bertz CT molecular complexity index is 89.0. The first-order valence-electron chi connectivity index (χ1n) is 5.11. The van der Waals surface area contributed by atoms with Crippen LogP contribution in [0.5, 0.6) is 0 Å². The highest BCUT2D eigenvalue weighted by molar-refractivity contribution is 4.82. The lowest BCUT2D eigenvalue weighted by atomic mass is 9.98. The van der Waals surface area contributed by atoms with E-state index in [1.165, 1.54) is 32.1 Å². The van der Waals surface area contributed by atoms with Gasteiger partial charge in [0.15, 0.2) is 0 Å². The fourth-order valence-electron chi connectivity index (χ4n) is 2.28. The molecular formula is C10H21N. The van der Waals surface area contributed by atoms with Crippen LogP contribution in [0.3, 0.4) is 0 Å². The van der Waals surface area contributed by atoms with Gasteiger partial charge in [0, 0.05) is 6.04 Å². The van der Waals surface area contributed by atoms with Gasteiger partial charge in [-0.05, 0) is 31.7 Å². The first-order valence-corrected chi connectivity index (χ1v) is 5.11. The molecule has 11 heavy (non-hydrogen) atoms. The molecule has 1 rings (SSSR count). The van der Waals surface area contributed by atoms with Crippen LogP contribution in [-0.4, -0.2) is 12.6 Å². The maximum absolute atomic E-state index is 3.58. The highest BCUT2D eigenvalue weighted by Crippen LogP contribution is 2.28. The Labute approximate surface area is 70.6 Å². The predicted molar refractivity (Wildman–Crippen MR) is 49.7 cm³/mol. The summed E-state index contributed by atoms with van der Waals surface area (Å²) in [6.07, 6.45) is 7.11. The van der Waals surface area contributed by atoms with Crippen LogP contribution in [0.4, 0.5) is 0 Å². The van der Waals surface area contributed by atoms with Gasteiger partial charge in [0.1, 0.15) is 0 Å². The molecular weight excluding hydrogens is 134 g/mol. The second-order valence-corrected chi connectivity index (χ2v) is 3.64. The molecule has 0 aromatic heterocycles. The van der Waals surface area contributed by atoms with Gasteiger partial charge < -0.3 is 5.32 Å². The fraction of sp³-hybridized carbons (Fsp3) is 1.00. The van der Waals surface area contributed by atoms with Crippen LogP contribution in [0, 0.1) is 5.92 Å². The minimum atomic E-state index is 0.847. The Hall–Kier alpha value is -0.0400. The Kier molecular flexibility index (Phi) is 3.92. The number of nitrogens with one attached hydrogen (secondary N) is 1. The summed E-state index contributed by atoms with van der Waals surface area (Å²) in [5.41, 5.74) is 0. The van der Waals surface area contributed by atoms with Crippen molar-refractivity contribution in [3.63, 3.8) is 0 Å². The molecule has 2 unspecified atom stereocenters. The Morgan fingerprint density at radius 2 is 2.09 bits per heavy atom. The molecule has 66 valence electrons. The first-order chi connectivity index (χ1) is 5.38. The van der Waals surface area contributed by atoms with Gasteiger partial charge in [-0.25, -0.2) is 0 Å². The molecule has 1 N–H and O–H groups in total. The average molecular weight is 155 g/mol. The van der Waals surface area contributed by atoms with Crippen LogP contribution in [0.1, 0.15) is 46.0 Å². The summed E-state index contributed by atoms with van der Waals surface area (Å²) < 4.78 is 0. The van der Waals surface area contributed by atoms with Gasteiger partial charge in [-0.3, -0.25) is 0 Å². The van der Waals surface area contributed by atoms with Gasteiger partial charge in [-0.2, -0.15) is 0 Å². The zero-order chi connectivity index (χ0) is 8.10. The Balaban J connectivity index is 2.25. The molecule has 0 spiro atoms. The van der Waals surface area contributed by atoms with Gasteiger partial charge >= 0.3 is 0 Å². The molecule has 2 atom stereocenters. The third-order valence-electron chi connectivity index (χ3n) is 2.78. The zero-order valence-corrected chi connectivity index (χ0v) is 7.90. The van der Waals surface area contributed by atoms with Crippen molar-refractivity contribution >= 4 is 0 Å². The van der Waals surface area contributed by atoms with Crippen LogP contribution in [-0.2, 0) is 0 Å². The molecule has 1 saturated carbocycles. The molecule has 1 aliphatic rings. The van der Waals surface area contributed by atoms with Crippen LogP contribution < -0.4 is 5.32 Å². The molecule has 0 aromatic carbocycles. The van der Waals surface area contributed by atoms with E-state index in [1.807, 2.05) is 0 Å². The zero-order valence-electron chi connectivity index (χ0n) is 7.90. The van der Waals surface area contributed by atoms with Gasteiger partial charge in [0.25, 0.3) is 0 Å². The van der Waals surface area contributed by atoms with E-state index >= 15 is 0 Å². The van der Waals surface area contributed by atoms with Crippen molar-refractivity contribution in [3.8, 4) is 0 Å². The van der Waals surface area contributed by atoms with Crippen molar-refractivity contribution < 1.29 is 0 Å². The maximum Gasteiger partial charge on any atom is 0.00952 e. The smallest absolute Gasteiger partial charge is 0.00952 e. The summed E-state index contributed by atoms with van der Waals surface area (Å²) in [7, 11) is 0. The van der Waals surface area contributed by atoms with Gasteiger partial charge in [0.2, 0.25) is 0 Å². The van der Waals surface area contributed by atoms with E-state index in [0.717, 1.165) is 18.5 Å². The largest absolute Gasteiger partial charge is 0.314 e. The normalized spacial score (nSPS) is 31.1. The van der Waals surface area contributed by atoms with E-state index in [0.29, 0.717) is 0 Å². The van der Waals surface area contributed by atoms with E-state index in [1.54, 1.807) is 0 Å². The number of hydrogen-bond acceptors (Lipinski definition) is 1. The lowest BCUT2D eigenvalue weighted by Crippen LogP contribution is -2.31. The highest BCUT2D eigenvalue weighted by atomic mass is 14.9. The van der Waals surface area contributed by atoms with Crippen molar-refractivity contribution in [2.45, 2.75) is 52.0 Å². The summed E-state index contributed by atoms with van der Waals surface area (Å²) in [5, 5.41) is 3.58. The van der Waals surface area contributed by atoms with Crippen LogP contribution in [0.25, 0.3) is 0 Å². The fourth-order valence-corrected chi connectivity index (χ4v) is 2.28. The monoisotopic (exact) mass is 155 g/mol. The first kappa shape index (κ1) is 9.05. The third-order valence-corrected chi connectivity index (χ3v) is 2.78. The number of rotatable bonds is 4. The minimum Gasteiger partial charge on any atom is -0.314 e. The van der Waals surface area contributed by atoms with E-state index in [4.69, 9.17) is 0 Å². The summed E-state index contributed by atoms with van der Waals surface area (Å²) in [6.45, 7) is 5.65. The molecule has 1 nitrogen and oxygen atoms in total. The summed E-state index contributed by atoms with van der Waals surface area (Å²) in [4.78, 5) is 0. The molecule has 0 saturated heterocycles. The quantitative estimate of drug-likeness (QED) is 0.658. The van der Waals surface area contributed by atoms with E-state index in [2.05, 4.69) is 19.2 Å². The molecule has 0 heterocycles. The van der Waals surface area contributed by atoms with Gasteiger partial charge in [0.05, 0.1) is 0 Å². The summed E-state index contributed by atoms with van der Waals surface area (Å²) in [6, 6.07) is 0.847. The molecule has 0 aliphatic heterocycles. The minimum absolute atomic E-state index is 0.847. The third kappa shape index (κ3) is 2.48. The van der Waals surface area contributed by atoms with Crippen molar-refractivity contribution in [1.29, 1.82) is 0 Å². The van der Waals surface area contributed by atoms with Crippen molar-refractivity contribution in [1.82, 2.24) is 5.32 Å². The van der Waals surface area contributed by atoms with Crippen LogP contribution in [0.2, 0.25) is 0 Å². The molecule has 1 aliphatic carbocycles. The topological polar surface area (TPSA) is 12.0 Å². The lowest BCUT2D eigenvalue weighted by Gasteiger charge is -2.19. The van der Waals surface area contributed by atoms with Crippen LogP contribution >= 0.6 is 0 Å². The Morgan fingerprint density at radius 3 is 2.73 bits per heavy atom. The van der Waals surface area contributed by atoms with Gasteiger partial charge in [-0.1, -0.05) is 26.7 Å². The van der Waals surface area contributed by atoms with E-state index < -0.39 is 0 Å². The average Bonchev–Trinajstić information content (AvgIpc) is 2.39. The molecule has 0 aromatic rings. The number of hydrogen-bond donors (Lipinski definition) is 1. The molecule has 0 bridgehead atoms. The Morgan fingerprint density at radius 1 is 1.27 bits per heavy atom. The van der Waals surface area contributed by atoms with Crippen LogP contribution in [0.15, 0.2) is 0 Å². The van der Waals surface area contributed by atoms with E-state index in [9.17, 15) is 0 Å². The van der Waals surface area contributed by atoms with E-state index in [-0.39, 0.29) is 0 Å². The van der Waals surface area contributed by atoms with Crippen molar-refractivity contribution in [2.75, 3.05) is 6.54 Å². The molecule has 0 amide bonds. The maximum atomic E-state index is 3.58.